The number of anilines is 2. The largest absolute Gasteiger partial charge is 0.398 e. The molecule has 126 valence electrons. The molecule has 0 amide bonds. The Morgan fingerprint density at radius 3 is 2.48 bits per heavy atom. The lowest BCUT2D eigenvalue weighted by Crippen LogP contribution is -2.28. The van der Waals surface area contributed by atoms with Gasteiger partial charge in [-0.1, -0.05) is 20.8 Å². The number of nitrogens with zero attached hydrogens (tertiary/aromatic N) is 3. The lowest BCUT2D eigenvalue weighted by molar-refractivity contribution is 0.468. The van der Waals surface area contributed by atoms with Crippen molar-refractivity contribution in [2.75, 3.05) is 11.1 Å². The summed E-state index contributed by atoms with van der Waals surface area (Å²) in [6.07, 6.45) is 4.42. The highest BCUT2D eigenvalue weighted by Gasteiger charge is 2.19. The van der Waals surface area contributed by atoms with Gasteiger partial charge in [0.1, 0.15) is 0 Å². The van der Waals surface area contributed by atoms with Crippen LogP contribution in [-0.2, 0) is 0 Å². The first-order chi connectivity index (χ1) is 10.9. The number of hydrogen-bond donors (Lipinski definition) is 2. The molecule has 0 radical (unpaired) electrons. The van der Waals surface area contributed by atoms with E-state index in [1.807, 2.05) is 0 Å². The number of aromatic nitrogens is 3. The van der Waals surface area contributed by atoms with E-state index in [2.05, 4.69) is 43.0 Å². The molecule has 0 aliphatic heterocycles. The van der Waals surface area contributed by atoms with E-state index in [0.717, 1.165) is 24.6 Å². The number of nitrogens with two attached hydrogens (primary N) is 1. The zero-order valence-corrected chi connectivity index (χ0v) is 14.7. The third-order valence-electron chi connectivity index (χ3n) is 4.53. The predicted molar refractivity (Wildman–Crippen MR) is 95.9 cm³/mol. The number of nitrogens with one attached hydrogen (secondary N) is 1. The van der Waals surface area contributed by atoms with E-state index in [9.17, 15) is 4.79 Å². The van der Waals surface area contributed by atoms with Crippen LogP contribution in [0.2, 0.25) is 0 Å². The van der Waals surface area contributed by atoms with Gasteiger partial charge in [0, 0.05) is 23.8 Å². The molecule has 3 N–H and O–H groups in total. The number of hydrogen-bond acceptors (Lipinski definition) is 5. The second-order valence-corrected chi connectivity index (χ2v) is 6.07. The van der Waals surface area contributed by atoms with Crippen molar-refractivity contribution in [3.8, 4) is 0 Å². The van der Waals surface area contributed by atoms with Crippen LogP contribution in [0, 0.1) is 6.92 Å². The van der Waals surface area contributed by atoms with Crippen LogP contribution in [0.1, 0.15) is 58.6 Å². The number of pyridine rings is 1. The fraction of sp³-hybridized carbons (Fsp3) is 0.588. The van der Waals surface area contributed by atoms with E-state index in [1.54, 1.807) is 17.7 Å². The second kappa shape index (κ2) is 6.98. The third-order valence-corrected chi connectivity index (χ3v) is 4.53. The molecular weight excluding hydrogens is 290 g/mol. The van der Waals surface area contributed by atoms with Gasteiger partial charge < -0.3 is 11.1 Å². The number of rotatable bonds is 6. The summed E-state index contributed by atoms with van der Waals surface area (Å²) in [6.45, 7) is 10.1. The molecule has 0 fully saturated rings. The molecule has 0 spiro atoms. The number of nitrogen functional groups attached to an aromatic ring is 1. The third kappa shape index (κ3) is 3.16. The van der Waals surface area contributed by atoms with Gasteiger partial charge in [0.2, 0.25) is 5.95 Å². The van der Waals surface area contributed by atoms with Gasteiger partial charge in [0.15, 0.2) is 5.65 Å². The Balaban J connectivity index is 2.74. The maximum absolute atomic E-state index is 12.8. The van der Waals surface area contributed by atoms with Gasteiger partial charge in [-0.3, -0.25) is 9.36 Å². The minimum absolute atomic E-state index is 0.0584. The van der Waals surface area contributed by atoms with Crippen LogP contribution in [0.25, 0.3) is 11.0 Å². The van der Waals surface area contributed by atoms with Gasteiger partial charge in [-0.2, -0.15) is 4.98 Å². The molecule has 2 aromatic heterocycles. The summed E-state index contributed by atoms with van der Waals surface area (Å²) >= 11 is 0. The van der Waals surface area contributed by atoms with E-state index in [-0.39, 0.29) is 17.6 Å². The summed E-state index contributed by atoms with van der Waals surface area (Å²) < 4.78 is 1.78. The van der Waals surface area contributed by atoms with Gasteiger partial charge >= 0.3 is 0 Å². The van der Waals surface area contributed by atoms with Crippen molar-refractivity contribution in [1.82, 2.24) is 14.5 Å². The highest BCUT2D eigenvalue weighted by molar-refractivity contribution is 5.89. The Morgan fingerprint density at radius 1 is 1.26 bits per heavy atom. The lowest BCUT2D eigenvalue weighted by Gasteiger charge is -2.21. The maximum atomic E-state index is 12.8. The lowest BCUT2D eigenvalue weighted by atomic mass is 10.1. The van der Waals surface area contributed by atoms with Crippen molar-refractivity contribution >= 4 is 22.7 Å². The highest BCUT2D eigenvalue weighted by atomic mass is 16.1. The van der Waals surface area contributed by atoms with Gasteiger partial charge in [-0.05, 0) is 33.1 Å². The van der Waals surface area contributed by atoms with Gasteiger partial charge in [-0.25, -0.2) is 4.98 Å². The van der Waals surface area contributed by atoms with Crippen LogP contribution in [0.5, 0.6) is 0 Å². The summed E-state index contributed by atoms with van der Waals surface area (Å²) in [6, 6.07) is 0.374. The Bertz CT molecular complexity index is 749. The van der Waals surface area contributed by atoms with Gasteiger partial charge in [0.25, 0.3) is 5.56 Å². The Kier molecular flexibility index (Phi) is 5.23. The van der Waals surface area contributed by atoms with E-state index in [4.69, 9.17) is 5.73 Å². The molecule has 1 atom stereocenters. The van der Waals surface area contributed by atoms with Crippen molar-refractivity contribution in [1.29, 1.82) is 0 Å². The topological polar surface area (TPSA) is 85.8 Å². The number of fused-ring (bicyclic) bond motifs is 1. The molecule has 0 aliphatic carbocycles. The minimum atomic E-state index is -0.0584. The summed E-state index contributed by atoms with van der Waals surface area (Å²) in [5.41, 5.74) is 7.73. The second-order valence-electron chi connectivity index (χ2n) is 6.07. The predicted octanol–water partition coefficient (Wildman–Crippen LogP) is 3.25. The van der Waals surface area contributed by atoms with E-state index in [1.165, 1.54) is 0 Å². The van der Waals surface area contributed by atoms with E-state index >= 15 is 0 Å². The van der Waals surface area contributed by atoms with Crippen LogP contribution >= 0.6 is 0 Å². The van der Waals surface area contributed by atoms with Gasteiger partial charge in [0.05, 0.1) is 11.1 Å². The normalized spacial score (nSPS) is 12.8. The van der Waals surface area contributed by atoms with Crippen LogP contribution in [0.15, 0.2) is 11.0 Å². The first-order valence-electron chi connectivity index (χ1n) is 8.38. The fourth-order valence-corrected chi connectivity index (χ4v) is 2.73. The smallest absolute Gasteiger partial charge is 0.257 e. The monoisotopic (exact) mass is 317 g/mol. The summed E-state index contributed by atoms with van der Waals surface area (Å²) in [7, 11) is 0. The van der Waals surface area contributed by atoms with Crippen LogP contribution in [-0.4, -0.2) is 20.6 Å². The quantitative estimate of drug-likeness (QED) is 0.854. The molecule has 6 nitrogen and oxygen atoms in total. The fourth-order valence-electron chi connectivity index (χ4n) is 2.73. The van der Waals surface area contributed by atoms with Crippen molar-refractivity contribution in [2.45, 2.75) is 66.0 Å². The van der Waals surface area contributed by atoms with Crippen molar-refractivity contribution in [3.63, 3.8) is 0 Å². The summed E-state index contributed by atoms with van der Waals surface area (Å²) in [4.78, 5) is 21.7. The Hall–Kier alpha value is -2.11. The first-order valence-corrected chi connectivity index (χ1v) is 8.38. The molecule has 0 aliphatic rings. The highest BCUT2D eigenvalue weighted by Crippen LogP contribution is 2.25. The Morgan fingerprint density at radius 2 is 1.91 bits per heavy atom. The molecule has 1 unspecified atom stereocenters. The molecule has 0 saturated heterocycles. The zero-order chi connectivity index (χ0) is 17.1. The molecule has 0 aromatic carbocycles. The average Bonchev–Trinajstić information content (AvgIpc) is 2.56. The zero-order valence-electron chi connectivity index (χ0n) is 14.7. The summed E-state index contributed by atoms with van der Waals surface area (Å²) in [5.74, 6) is 0.536. The van der Waals surface area contributed by atoms with Crippen molar-refractivity contribution < 1.29 is 0 Å². The summed E-state index contributed by atoms with van der Waals surface area (Å²) in [5, 5.41) is 4.00. The molecule has 0 bridgehead atoms. The van der Waals surface area contributed by atoms with Crippen molar-refractivity contribution in [2.24, 2.45) is 0 Å². The van der Waals surface area contributed by atoms with Gasteiger partial charge in [-0.15, -0.1) is 0 Å². The maximum Gasteiger partial charge on any atom is 0.257 e. The van der Waals surface area contributed by atoms with Crippen LogP contribution in [0.3, 0.4) is 0 Å². The molecule has 23 heavy (non-hydrogen) atoms. The molecule has 2 heterocycles. The van der Waals surface area contributed by atoms with Crippen LogP contribution in [0.4, 0.5) is 11.6 Å². The first kappa shape index (κ1) is 17.2. The molecule has 0 saturated carbocycles. The van der Waals surface area contributed by atoms with Crippen LogP contribution < -0.4 is 16.6 Å². The van der Waals surface area contributed by atoms with Crippen molar-refractivity contribution in [3.05, 3.63) is 22.1 Å². The average molecular weight is 317 g/mol. The minimum Gasteiger partial charge on any atom is -0.398 e. The van der Waals surface area contributed by atoms with E-state index in [0.29, 0.717) is 22.8 Å². The SMILES string of the molecule is CCC(C)Nc1ncc2c(N)c(C)c(=O)n(C(CC)CC)c2n1. The molecule has 2 aromatic rings. The van der Waals surface area contributed by atoms with E-state index < -0.39 is 0 Å². The molecule has 2 rings (SSSR count). The standard InChI is InChI=1S/C17H27N5O/c1-6-10(4)20-17-19-9-13-14(18)11(5)16(23)22(15(13)21-17)12(7-2)8-3/h9-10,12H,6-8,18H2,1-5H3,(H,19,20,21). The molecular formula is C17H27N5O. The Labute approximate surface area is 137 Å². The molecule has 6 heteroatoms.